The molecule has 6 heteroatoms. The summed E-state index contributed by atoms with van der Waals surface area (Å²) in [4.78, 5) is 37.3. The third kappa shape index (κ3) is 2.58. The minimum Gasteiger partial charge on any atom is -0.369 e. The van der Waals surface area contributed by atoms with Crippen molar-refractivity contribution < 1.29 is 14.4 Å². The van der Waals surface area contributed by atoms with Crippen molar-refractivity contribution in [1.82, 2.24) is 5.32 Å². The topological polar surface area (TPSA) is 101 Å². The standard InChI is InChI=1S/C18H21N3O3/c1-11-13(16(23)21-12-7-3-2-4-8-12)18(9-5-6-10-18)14(15(19)22)17(24)20-11/h2-4,7-8,14H,5-6,9-10H2,1H3,(H2,19,22)(H,20,24)(H,21,23)/t14-/m1/s1. The minimum absolute atomic E-state index is 0.285. The predicted molar refractivity (Wildman–Crippen MR) is 89.5 cm³/mol. The van der Waals surface area contributed by atoms with E-state index in [9.17, 15) is 14.4 Å². The predicted octanol–water partition coefficient (Wildman–Crippen LogP) is 1.69. The number of hydrogen-bond acceptors (Lipinski definition) is 3. The second-order valence-corrected chi connectivity index (χ2v) is 6.51. The first-order valence-corrected chi connectivity index (χ1v) is 8.13. The average Bonchev–Trinajstić information content (AvgIpc) is 2.96. The largest absolute Gasteiger partial charge is 0.369 e. The quantitative estimate of drug-likeness (QED) is 0.736. The molecular formula is C18H21N3O3. The SMILES string of the molecule is CC1=C(C(=O)Nc2ccccc2)C2(CCCC2)[C@H](C(N)=O)C(=O)N1. The molecule has 3 amide bonds. The molecule has 1 aromatic carbocycles. The molecule has 1 heterocycles. The molecule has 1 spiro atoms. The molecule has 4 N–H and O–H groups in total. The Morgan fingerprint density at radius 3 is 2.42 bits per heavy atom. The van der Waals surface area contributed by atoms with Gasteiger partial charge in [-0.05, 0) is 31.9 Å². The lowest BCUT2D eigenvalue weighted by molar-refractivity contribution is -0.139. The number of benzene rings is 1. The Morgan fingerprint density at radius 2 is 1.83 bits per heavy atom. The first kappa shape index (κ1) is 16.2. The van der Waals surface area contributed by atoms with Crippen LogP contribution in [-0.4, -0.2) is 17.7 Å². The van der Waals surface area contributed by atoms with Crippen LogP contribution in [0.3, 0.4) is 0 Å². The highest BCUT2D eigenvalue weighted by Crippen LogP contribution is 2.52. The minimum atomic E-state index is -1.000. The van der Waals surface area contributed by atoms with Crippen LogP contribution in [0.4, 0.5) is 5.69 Å². The first-order chi connectivity index (χ1) is 11.5. The van der Waals surface area contributed by atoms with Crippen molar-refractivity contribution >= 4 is 23.4 Å². The van der Waals surface area contributed by atoms with Gasteiger partial charge in [-0.2, -0.15) is 0 Å². The summed E-state index contributed by atoms with van der Waals surface area (Å²) in [6.45, 7) is 1.70. The van der Waals surface area contributed by atoms with Crippen LogP contribution in [0, 0.1) is 11.3 Å². The maximum atomic E-state index is 12.9. The number of hydrogen-bond donors (Lipinski definition) is 3. The van der Waals surface area contributed by atoms with Gasteiger partial charge >= 0.3 is 0 Å². The molecule has 24 heavy (non-hydrogen) atoms. The third-order valence-corrected chi connectivity index (χ3v) is 5.04. The number of carbonyl (C=O) groups excluding carboxylic acids is 3. The number of anilines is 1. The first-order valence-electron chi connectivity index (χ1n) is 8.13. The summed E-state index contributed by atoms with van der Waals surface area (Å²) in [5.74, 6) is -2.36. The molecule has 0 aromatic heterocycles. The third-order valence-electron chi connectivity index (χ3n) is 5.04. The van der Waals surface area contributed by atoms with Crippen molar-refractivity contribution in [2.45, 2.75) is 32.6 Å². The van der Waals surface area contributed by atoms with Crippen LogP contribution in [-0.2, 0) is 14.4 Å². The van der Waals surface area contributed by atoms with Gasteiger partial charge in [0.25, 0.3) is 5.91 Å². The molecule has 1 fully saturated rings. The highest BCUT2D eigenvalue weighted by Gasteiger charge is 2.55. The molecule has 2 aliphatic rings. The second kappa shape index (κ2) is 6.11. The van der Waals surface area contributed by atoms with E-state index in [1.807, 2.05) is 18.2 Å². The molecule has 126 valence electrons. The van der Waals surface area contributed by atoms with E-state index in [1.54, 1.807) is 19.1 Å². The summed E-state index contributed by atoms with van der Waals surface area (Å²) in [5.41, 5.74) is 6.38. The Kier molecular flexibility index (Phi) is 4.13. The van der Waals surface area contributed by atoms with E-state index >= 15 is 0 Å². The van der Waals surface area contributed by atoms with Gasteiger partial charge in [0.05, 0.1) is 0 Å². The molecule has 1 aliphatic carbocycles. The fraction of sp³-hybridized carbons (Fsp3) is 0.389. The van der Waals surface area contributed by atoms with E-state index in [4.69, 9.17) is 5.73 Å². The highest BCUT2D eigenvalue weighted by molar-refractivity contribution is 6.11. The number of rotatable bonds is 3. The Hall–Kier alpha value is -2.63. The summed E-state index contributed by atoms with van der Waals surface area (Å²) >= 11 is 0. The molecule has 0 saturated heterocycles. The molecule has 1 aliphatic heterocycles. The van der Waals surface area contributed by atoms with Gasteiger partial charge in [0.15, 0.2) is 0 Å². The van der Waals surface area contributed by atoms with Gasteiger partial charge in [-0.15, -0.1) is 0 Å². The number of nitrogens with two attached hydrogens (primary N) is 1. The smallest absolute Gasteiger partial charge is 0.253 e. The summed E-state index contributed by atoms with van der Waals surface area (Å²) in [5, 5.41) is 5.52. The molecule has 3 rings (SSSR count). The van der Waals surface area contributed by atoms with E-state index in [1.165, 1.54) is 0 Å². The zero-order valence-electron chi connectivity index (χ0n) is 13.6. The normalized spacial score (nSPS) is 22.4. The molecule has 1 aromatic rings. The van der Waals surface area contributed by atoms with Crippen molar-refractivity contribution in [3.05, 3.63) is 41.6 Å². The van der Waals surface area contributed by atoms with Crippen LogP contribution in [0.5, 0.6) is 0 Å². The molecular weight excluding hydrogens is 306 g/mol. The summed E-state index contributed by atoms with van der Waals surface area (Å²) in [6.07, 6.45) is 2.96. The Labute approximate surface area is 140 Å². The van der Waals surface area contributed by atoms with Gasteiger partial charge in [0.2, 0.25) is 11.8 Å². The Balaban J connectivity index is 2.02. The molecule has 0 radical (unpaired) electrons. The van der Waals surface area contributed by atoms with Gasteiger partial charge in [-0.25, -0.2) is 0 Å². The summed E-state index contributed by atoms with van der Waals surface area (Å²) in [7, 11) is 0. The zero-order valence-corrected chi connectivity index (χ0v) is 13.6. The lowest BCUT2D eigenvalue weighted by atomic mass is 9.65. The van der Waals surface area contributed by atoms with E-state index in [2.05, 4.69) is 10.6 Å². The number of allylic oxidation sites excluding steroid dienone is 1. The number of primary amides is 1. The zero-order chi connectivity index (χ0) is 17.3. The lowest BCUT2D eigenvalue weighted by Gasteiger charge is -2.41. The maximum absolute atomic E-state index is 12.9. The number of nitrogens with one attached hydrogen (secondary N) is 2. The number of para-hydroxylation sites is 1. The number of carbonyl (C=O) groups is 3. The monoisotopic (exact) mass is 327 g/mol. The van der Waals surface area contributed by atoms with Crippen LogP contribution >= 0.6 is 0 Å². The van der Waals surface area contributed by atoms with Crippen LogP contribution in [0.15, 0.2) is 41.6 Å². The van der Waals surface area contributed by atoms with Gasteiger partial charge in [-0.3, -0.25) is 14.4 Å². The molecule has 0 bridgehead atoms. The van der Waals surface area contributed by atoms with Gasteiger partial charge in [0.1, 0.15) is 5.92 Å². The number of amides is 3. The summed E-state index contributed by atoms with van der Waals surface area (Å²) in [6, 6.07) is 9.11. The fourth-order valence-corrected chi connectivity index (χ4v) is 4.15. The van der Waals surface area contributed by atoms with E-state index in [0.29, 0.717) is 29.8 Å². The van der Waals surface area contributed by atoms with Gasteiger partial charge in [-0.1, -0.05) is 31.0 Å². The maximum Gasteiger partial charge on any atom is 0.253 e. The second-order valence-electron chi connectivity index (χ2n) is 6.51. The van der Waals surface area contributed by atoms with Crippen molar-refractivity contribution in [3.8, 4) is 0 Å². The average molecular weight is 327 g/mol. The van der Waals surface area contributed by atoms with Crippen LogP contribution < -0.4 is 16.4 Å². The van der Waals surface area contributed by atoms with Gasteiger partial charge in [0, 0.05) is 22.4 Å². The van der Waals surface area contributed by atoms with Crippen molar-refractivity contribution in [1.29, 1.82) is 0 Å². The molecule has 0 unspecified atom stereocenters. The molecule has 1 atom stereocenters. The van der Waals surface area contributed by atoms with Crippen LogP contribution in [0.1, 0.15) is 32.6 Å². The lowest BCUT2D eigenvalue weighted by Crippen LogP contribution is -2.54. The highest BCUT2D eigenvalue weighted by atomic mass is 16.2. The van der Waals surface area contributed by atoms with E-state index < -0.39 is 23.1 Å². The Bertz CT molecular complexity index is 718. The van der Waals surface area contributed by atoms with E-state index in [-0.39, 0.29) is 5.91 Å². The molecule has 1 saturated carbocycles. The van der Waals surface area contributed by atoms with Crippen molar-refractivity contribution in [3.63, 3.8) is 0 Å². The summed E-state index contributed by atoms with van der Waals surface area (Å²) < 4.78 is 0. The molecule has 6 nitrogen and oxygen atoms in total. The van der Waals surface area contributed by atoms with Crippen LogP contribution in [0.2, 0.25) is 0 Å². The van der Waals surface area contributed by atoms with Gasteiger partial charge < -0.3 is 16.4 Å². The van der Waals surface area contributed by atoms with Crippen LogP contribution in [0.25, 0.3) is 0 Å². The van der Waals surface area contributed by atoms with Crippen molar-refractivity contribution in [2.75, 3.05) is 5.32 Å². The Morgan fingerprint density at radius 1 is 1.21 bits per heavy atom. The van der Waals surface area contributed by atoms with Crippen molar-refractivity contribution in [2.24, 2.45) is 17.1 Å². The van der Waals surface area contributed by atoms with E-state index in [0.717, 1.165) is 12.8 Å². The fourth-order valence-electron chi connectivity index (χ4n) is 4.15.